The zero-order valence-electron chi connectivity index (χ0n) is 9.16. The number of hydrogen-bond acceptors (Lipinski definition) is 3. The Morgan fingerprint density at radius 1 is 1.50 bits per heavy atom. The normalized spacial score (nSPS) is 12.0. The molecular formula is C10H19N3O. The first-order valence-electron chi connectivity index (χ1n) is 4.87. The molecule has 0 aliphatic carbocycles. The Morgan fingerprint density at radius 3 is 2.79 bits per heavy atom. The van der Waals surface area contributed by atoms with Crippen molar-refractivity contribution in [3.05, 3.63) is 18.0 Å². The third kappa shape index (κ3) is 3.47. The number of nitrogens with zero attached hydrogens (tertiary/aromatic N) is 2. The van der Waals surface area contributed by atoms with Crippen molar-refractivity contribution in [1.82, 2.24) is 9.78 Å². The molecular weight excluding hydrogens is 178 g/mol. The van der Waals surface area contributed by atoms with E-state index < -0.39 is 0 Å². The van der Waals surface area contributed by atoms with Crippen molar-refractivity contribution >= 4 is 0 Å². The van der Waals surface area contributed by atoms with E-state index in [0.717, 1.165) is 12.2 Å². The molecule has 0 saturated heterocycles. The van der Waals surface area contributed by atoms with Gasteiger partial charge in [-0.2, -0.15) is 5.10 Å². The van der Waals surface area contributed by atoms with Gasteiger partial charge in [-0.05, 0) is 26.8 Å². The predicted octanol–water partition coefficient (Wildman–Crippen LogP) is 1.16. The van der Waals surface area contributed by atoms with E-state index in [1.165, 1.54) is 0 Å². The van der Waals surface area contributed by atoms with Gasteiger partial charge >= 0.3 is 0 Å². The lowest BCUT2D eigenvalue weighted by Crippen LogP contribution is -2.23. The van der Waals surface area contributed by atoms with Gasteiger partial charge in [-0.1, -0.05) is 0 Å². The summed E-state index contributed by atoms with van der Waals surface area (Å²) in [5, 5.41) is 4.16. The molecule has 0 unspecified atom stereocenters. The second kappa shape index (κ2) is 4.57. The number of hydrogen-bond donors (Lipinski definition) is 1. The van der Waals surface area contributed by atoms with Crippen LogP contribution in [0.1, 0.15) is 26.5 Å². The third-order valence-electron chi connectivity index (χ3n) is 1.85. The van der Waals surface area contributed by atoms with Crippen LogP contribution < -0.4 is 5.73 Å². The van der Waals surface area contributed by atoms with Crippen LogP contribution in [0.5, 0.6) is 0 Å². The maximum absolute atomic E-state index is 5.60. The summed E-state index contributed by atoms with van der Waals surface area (Å²) in [7, 11) is 0. The summed E-state index contributed by atoms with van der Waals surface area (Å²) >= 11 is 0. The van der Waals surface area contributed by atoms with Crippen molar-refractivity contribution in [1.29, 1.82) is 0 Å². The van der Waals surface area contributed by atoms with Crippen LogP contribution in [-0.4, -0.2) is 22.0 Å². The summed E-state index contributed by atoms with van der Waals surface area (Å²) in [6, 6.07) is 1.93. The molecule has 0 aliphatic heterocycles. The van der Waals surface area contributed by atoms with Gasteiger partial charge in [-0.25, -0.2) is 0 Å². The minimum Gasteiger partial charge on any atom is -0.374 e. The van der Waals surface area contributed by atoms with E-state index in [-0.39, 0.29) is 5.60 Å². The molecule has 0 bridgehead atoms. The molecule has 2 N–H and O–H groups in total. The van der Waals surface area contributed by atoms with Crippen LogP contribution >= 0.6 is 0 Å². The lowest BCUT2D eigenvalue weighted by Gasteiger charge is -2.19. The Balaban J connectivity index is 2.38. The Hall–Kier alpha value is -0.870. The number of aromatic nitrogens is 2. The summed E-state index contributed by atoms with van der Waals surface area (Å²) < 4.78 is 7.48. The fraction of sp³-hybridized carbons (Fsp3) is 0.700. The van der Waals surface area contributed by atoms with Crippen LogP contribution in [0.15, 0.2) is 12.3 Å². The highest BCUT2D eigenvalue weighted by atomic mass is 16.5. The van der Waals surface area contributed by atoms with Crippen molar-refractivity contribution in [2.75, 3.05) is 6.61 Å². The summed E-state index contributed by atoms with van der Waals surface area (Å²) in [5.74, 6) is 0. The molecule has 80 valence electrons. The molecule has 0 aromatic carbocycles. The van der Waals surface area contributed by atoms with Crippen LogP contribution in [0.2, 0.25) is 0 Å². The van der Waals surface area contributed by atoms with Crippen molar-refractivity contribution < 1.29 is 4.74 Å². The van der Waals surface area contributed by atoms with Crippen LogP contribution in [0.25, 0.3) is 0 Å². The quantitative estimate of drug-likeness (QED) is 0.788. The first-order chi connectivity index (χ1) is 6.53. The van der Waals surface area contributed by atoms with Crippen molar-refractivity contribution in [3.63, 3.8) is 0 Å². The SMILES string of the molecule is CC(C)(C)OCCn1nccc1CN. The summed E-state index contributed by atoms with van der Waals surface area (Å²) in [6.07, 6.45) is 1.76. The molecule has 1 heterocycles. The average molecular weight is 197 g/mol. The summed E-state index contributed by atoms with van der Waals surface area (Å²) in [4.78, 5) is 0. The van der Waals surface area contributed by atoms with Crippen LogP contribution in [0.3, 0.4) is 0 Å². The Bertz CT molecular complexity index is 275. The highest BCUT2D eigenvalue weighted by molar-refractivity contribution is 4.99. The van der Waals surface area contributed by atoms with Crippen molar-refractivity contribution in [3.8, 4) is 0 Å². The van der Waals surface area contributed by atoms with Crippen LogP contribution in [0.4, 0.5) is 0 Å². The van der Waals surface area contributed by atoms with Crippen molar-refractivity contribution in [2.45, 2.75) is 39.5 Å². The minimum atomic E-state index is -0.0873. The first kappa shape index (κ1) is 11.2. The topological polar surface area (TPSA) is 53.1 Å². The molecule has 0 atom stereocenters. The Kier molecular flexibility index (Phi) is 3.66. The van der Waals surface area contributed by atoms with Gasteiger partial charge in [0.1, 0.15) is 0 Å². The minimum absolute atomic E-state index is 0.0873. The second-order valence-electron chi connectivity index (χ2n) is 4.21. The van der Waals surface area contributed by atoms with Crippen LogP contribution in [0, 0.1) is 0 Å². The van der Waals surface area contributed by atoms with Crippen molar-refractivity contribution in [2.24, 2.45) is 5.73 Å². The summed E-state index contributed by atoms with van der Waals surface area (Å²) in [6.45, 7) is 8.07. The van der Waals surface area contributed by atoms with E-state index in [1.807, 2.05) is 31.5 Å². The van der Waals surface area contributed by atoms with Gasteiger partial charge in [0.05, 0.1) is 24.4 Å². The van der Waals surface area contributed by atoms with Gasteiger partial charge < -0.3 is 10.5 Å². The van der Waals surface area contributed by atoms with E-state index in [0.29, 0.717) is 13.2 Å². The molecule has 4 nitrogen and oxygen atoms in total. The van der Waals surface area contributed by atoms with E-state index >= 15 is 0 Å². The monoisotopic (exact) mass is 197 g/mol. The zero-order valence-corrected chi connectivity index (χ0v) is 9.16. The number of nitrogens with two attached hydrogens (primary N) is 1. The van der Waals surface area contributed by atoms with Gasteiger partial charge in [0.25, 0.3) is 0 Å². The molecule has 0 radical (unpaired) electrons. The Labute approximate surface area is 85.0 Å². The van der Waals surface area contributed by atoms with Crippen LogP contribution in [-0.2, 0) is 17.8 Å². The zero-order chi connectivity index (χ0) is 10.6. The fourth-order valence-corrected chi connectivity index (χ4v) is 1.17. The molecule has 1 aromatic heterocycles. The lowest BCUT2D eigenvalue weighted by molar-refractivity contribution is -0.00814. The molecule has 0 aliphatic rings. The maximum Gasteiger partial charge on any atom is 0.0669 e. The standard InChI is InChI=1S/C10H19N3O/c1-10(2,3)14-7-6-13-9(8-11)4-5-12-13/h4-5H,6-8,11H2,1-3H3. The summed E-state index contributed by atoms with van der Waals surface area (Å²) in [5.41, 5.74) is 6.51. The maximum atomic E-state index is 5.60. The molecule has 0 spiro atoms. The second-order valence-corrected chi connectivity index (χ2v) is 4.21. The van der Waals surface area contributed by atoms with E-state index in [4.69, 9.17) is 10.5 Å². The Morgan fingerprint density at radius 2 is 2.21 bits per heavy atom. The van der Waals surface area contributed by atoms with E-state index in [9.17, 15) is 0 Å². The van der Waals surface area contributed by atoms with Gasteiger partial charge in [-0.3, -0.25) is 4.68 Å². The highest BCUT2D eigenvalue weighted by Crippen LogP contribution is 2.06. The van der Waals surface area contributed by atoms with E-state index in [2.05, 4.69) is 5.10 Å². The molecule has 1 rings (SSSR count). The fourth-order valence-electron chi connectivity index (χ4n) is 1.17. The van der Waals surface area contributed by atoms with Gasteiger partial charge in [0, 0.05) is 12.7 Å². The smallest absolute Gasteiger partial charge is 0.0669 e. The predicted molar refractivity (Wildman–Crippen MR) is 55.8 cm³/mol. The average Bonchev–Trinajstić information content (AvgIpc) is 2.49. The van der Waals surface area contributed by atoms with Gasteiger partial charge in [-0.15, -0.1) is 0 Å². The number of ether oxygens (including phenoxy) is 1. The molecule has 14 heavy (non-hydrogen) atoms. The molecule has 4 heteroatoms. The molecule has 0 amide bonds. The first-order valence-corrected chi connectivity index (χ1v) is 4.87. The lowest BCUT2D eigenvalue weighted by atomic mass is 10.2. The third-order valence-corrected chi connectivity index (χ3v) is 1.85. The van der Waals surface area contributed by atoms with E-state index in [1.54, 1.807) is 6.20 Å². The van der Waals surface area contributed by atoms with Gasteiger partial charge in [0.15, 0.2) is 0 Å². The molecule has 1 aromatic rings. The highest BCUT2D eigenvalue weighted by Gasteiger charge is 2.09. The molecule has 0 saturated carbocycles. The largest absolute Gasteiger partial charge is 0.374 e. The number of rotatable bonds is 4. The molecule has 0 fully saturated rings. The van der Waals surface area contributed by atoms with Gasteiger partial charge in [0.2, 0.25) is 0 Å².